The van der Waals surface area contributed by atoms with Crippen LogP contribution in [0.1, 0.15) is 42.4 Å². The van der Waals surface area contributed by atoms with Crippen LogP contribution in [0.15, 0.2) is 72.8 Å². The first kappa shape index (κ1) is 27.0. The lowest BCUT2D eigenvalue weighted by Crippen LogP contribution is -2.49. The second kappa shape index (κ2) is 11.6. The van der Waals surface area contributed by atoms with E-state index < -0.39 is 6.36 Å². The van der Waals surface area contributed by atoms with E-state index in [9.17, 15) is 22.8 Å². The van der Waals surface area contributed by atoms with Gasteiger partial charge in [0.1, 0.15) is 5.75 Å². The van der Waals surface area contributed by atoms with E-state index >= 15 is 0 Å². The first-order valence-electron chi connectivity index (χ1n) is 12.5. The molecule has 1 fully saturated rings. The Morgan fingerprint density at radius 1 is 1.03 bits per heavy atom. The second-order valence-electron chi connectivity index (χ2n) is 9.28. The Morgan fingerprint density at radius 3 is 2.39 bits per heavy atom. The van der Waals surface area contributed by atoms with E-state index in [1.165, 1.54) is 24.3 Å². The Hall–Kier alpha value is -4.01. The van der Waals surface area contributed by atoms with E-state index in [-0.39, 0.29) is 30.2 Å². The predicted molar refractivity (Wildman–Crippen MR) is 140 cm³/mol. The number of hydrogen-bond donors (Lipinski definition) is 1. The van der Waals surface area contributed by atoms with Crippen molar-refractivity contribution in [1.82, 2.24) is 4.90 Å². The van der Waals surface area contributed by atoms with E-state index in [4.69, 9.17) is 0 Å². The number of carbonyl (C=O) groups is 2. The van der Waals surface area contributed by atoms with E-state index in [2.05, 4.69) is 10.1 Å². The standard InChI is InChI=1S/C29H30F3N3O3/c1-3-24(22-8-5-4-6-9-22)27(36)33-25-18-20(2)10-15-26(25)35-17-7-16-34(28(35)37)19-21-11-13-23(14-12-21)38-29(30,31)32/h4-6,8-15,18,24H,3,7,16-17,19H2,1-2H3,(H,33,36)/t24-/m1/s1. The third-order valence-corrected chi connectivity index (χ3v) is 6.47. The highest BCUT2D eigenvalue weighted by Crippen LogP contribution is 2.32. The molecule has 0 spiro atoms. The number of alkyl halides is 3. The fraction of sp³-hybridized carbons (Fsp3) is 0.310. The summed E-state index contributed by atoms with van der Waals surface area (Å²) >= 11 is 0. The van der Waals surface area contributed by atoms with Crippen molar-refractivity contribution in [2.24, 2.45) is 0 Å². The first-order chi connectivity index (χ1) is 18.1. The van der Waals surface area contributed by atoms with Crippen LogP contribution in [0.5, 0.6) is 5.75 Å². The number of ether oxygens (including phenoxy) is 1. The van der Waals surface area contributed by atoms with Gasteiger partial charge in [-0.05, 0) is 60.7 Å². The molecule has 0 aromatic heterocycles. The van der Waals surface area contributed by atoms with Gasteiger partial charge >= 0.3 is 12.4 Å². The van der Waals surface area contributed by atoms with Crippen molar-refractivity contribution < 1.29 is 27.5 Å². The zero-order valence-electron chi connectivity index (χ0n) is 21.3. The average Bonchev–Trinajstić information content (AvgIpc) is 2.87. The molecule has 1 N–H and O–H groups in total. The third kappa shape index (κ3) is 6.65. The molecule has 1 atom stereocenters. The molecule has 200 valence electrons. The number of nitrogens with one attached hydrogen (secondary N) is 1. The zero-order chi connectivity index (χ0) is 27.3. The van der Waals surface area contributed by atoms with Crippen molar-refractivity contribution >= 4 is 23.3 Å². The lowest BCUT2D eigenvalue weighted by Gasteiger charge is -2.36. The molecule has 9 heteroatoms. The topological polar surface area (TPSA) is 61.9 Å². The number of halogens is 3. The fourth-order valence-corrected chi connectivity index (χ4v) is 4.63. The molecule has 1 saturated heterocycles. The molecule has 0 unspecified atom stereocenters. The molecule has 38 heavy (non-hydrogen) atoms. The Bertz CT molecular complexity index is 1260. The van der Waals surface area contributed by atoms with Gasteiger partial charge < -0.3 is 15.0 Å². The van der Waals surface area contributed by atoms with Gasteiger partial charge in [0.15, 0.2) is 0 Å². The summed E-state index contributed by atoms with van der Waals surface area (Å²) in [5.41, 5.74) is 3.72. The molecule has 3 aromatic rings. The van der Waals surface area contributed by atoms with Gasteiger partial charge in [-0.1, -0.05) is 55.5 Å². The summed E-state index contributed by atoms with van der Waals surface area (Å²) in [4.78, 5) is 30.1. The van der Waals surface area contributed by atoms with Crippen LogP contribution in [0, 0.1) is 6.92 Å². The van der Waals surface area contributed by atoms with Crippen LogP contribution in [0.4, 0.5) is 29.3 Å². The van der Waals surface area contributed by atoms with Crippen molar-refractivity contribution in [2.75, 3.05) is 23.3 Å². The maximum Gasteiger partial charge on any atom is 0.573 e. The molecular formula is C29H30F3N3O3. The monoisotopic (exact) mass is 525 g/mol. The van der Waals surface area contributed by atoms with Gasteiger partial charge in [0.05, 0.1) is 17.3 Å². The van der Waals surface area contributed by atoms with Crippen LogP contribution in [0.2, 0.25) is 0 Å². The number of urea groups is 1. The molecule has 1 heterocycles. The highest BCUT2D eigenvalue weighted by Gasteiger charge is 2.32. The van der Waals surface area contributed by atoms with Crippen LogP contribution < -0.4 is 15.0 Å². The Kier molecular flexibility index (Phi) is 8.24. The number of aryl methyl sites for hydroxylation is 1. The summed E-state index contributed by atoms with van der Waals surface area (Å²) in [7, 11) is 0. The molecule has 0 radical (unpaired) electrons. The number of anilines is 2. The van der Waals surface area contributed by atoms with Gasteiger partial charge in [-0.3, -0.25) is 9.69 Å². The number of nitrogens with zero attached hydrogens (tertiary/aromatic N) is 2. The molecule has 0 bridgehead atoms. The minimum Gasteiger partial charge on any atom is -0.406 e. The van der Waals surface area contributed by atoms with E-state index in [1.54, 1.807) is 9.80 Å². The van der Waals surface area contributed by atoms with Gasteiger partial charge in [-0.15, -0.1) is 13.2 Å². The van der Waals surface area contributed by atoms with Gasteiger partial charge in [0, 0.05) is 19.6 Å². The SMILES string of the molecule is CC[C@@H](C(=O)Nc1cc(C)ccc1N1CCCN(Cc2ccc(OC(F)(F)F)cc2)C1=O)c1ccccc1. The number of amides is 3. The molecule has 1 aliphatic rings. The van der Waals surface area contributed by atoms with Crippen LogP contribution in [-0.2, 0) is 11.3 Å². The van der Waals surface area contributed by atoms with Gasteiger partial charge in [-0.25, -0.2) is 4.79 Å². The Balaban J connectivity index is 1.51. The van der Waals surface area contributed by atoms with E-state index in [1.807, 2.05) is 62.4 Å². The summed E-state index contributed by atoms with van der Waals surface area (Å²) in [6.45, 7) is 5.11. The van der Waals surface area contributed by atoms with Crippen molar-refractivity contribution in [3.05, 3.63) is 89.5 Å². The quantitative estimate of drug-likeness (QED) is 0.350. The maximum atomic E-state index is 13.5. The second-order valence-corrected chi connectivity index (χ2v) is 9.28. The average molecular weight is 526 g/mol. The molecule has 3 amide bonds. The lowest BCUT2D eigenvalue weighted by atomic mass is 9.95. The Labute approximate surface area is 220 Å². The minimum atomic E-state index is -4.76. The van der Waals surface area contributed by atoms with E-state index in [0.717, 1.165) is 11.1 Å². The Morgan fingerprint density at radius 2 is 1.74 bits per heavy atom. The summed E-state index contributed by atoms with van der Waals surface area (Å²) in [5, 5.41) is 3.05. The van der Waals surface area contributed by atoms with Gasteiger partial charge in [0.2, 0.25) is 5.91 Å². The molecule has 6 nitrogen and oxygen atoms in total. The molecular weight excluding hydrogens is 495 g/mol. The lowest BCUT2D eigenvalue weighted by molar-refractivity contribution is -0.274. The van der Waals surface area contributed by atoms with Gasteiger partial charge in [0.25, 0.3) is 0 Å². The largest absolute Gasteiger partial charge is 0.573 e. The number of benzene rings is 3. The maximum absolute atomic E-state index is 13.5. The summed E-state index contributed by atoms with van der Waals surface area (Å²) in [5.74, 6) is -0.788. The van der Waals surface area contributed by atoms with E-state index in [0.29, 0.717) is 42.9 Å². The first-order valence-corrected chi connectivity index (χ1v) is 12.5. The minimum absolute atomic E-state index is 0.145. The molecule has 3 aromatic carbocycles. The smallest absolute Gasteiger partial charge is 0.406 e. The van der Waals surface area contributed by atoms with Crippen molar-refractivity contribution in [3.8, 4) is 5.75 Å². The zero-order valence-corrected chi connectivity index (χ0v) is 21.3. The molecule has 0 aliphatic carbocycles. The highest BCUT2D eigenvalue weighted by molar-refractivity contribution is 6.02. The normalized spacial score (nSPS) is 14.8. The van der Waals surface area contributed by atoms with Crippen LogP contribution in [0.3, 0.4) is 0 Å². The molecule has 0 saturated carbocycles. The third-order valence-electron chi connectivity index (χ3n) is 6.47. The number of carbonyl (C=O) groups excluding carboxylic acids is 2. The summed E-state index contributed by atoms with van der Waals surface area (Å²) < 4.78 is 41.3. The van der Waals surface area contributed by atoms with Crippen molar-refractivity contribution in [1.29, 1.82) is 0 Å². The fourth-order valence-electron chi connectivity index (χ4n) is 4.63. The van der Waals surface area contributed by atoms with Crippen molar-refractivity contribution in [2.45, 2.75) is 45.5 Å². The molecule has 1 aliphatic heterocycles. The predicted octanol–water partition coefficient (Wildman–Crippen LogP) is 6.86. The summed E-state index contributed by atoms with van der Waals surface area (Å²) in [6, 6.07) is 20.4. The van der Waals surface area contributed by atoms with Crippen LogP contribution in [0.25, 0.3) is 0 Å². The van der Waals surface area contributed by atoms with Crippen LogP contribution >= 0.6 is 0 Å². The highest BCUT2D eigenvalue weighted by atomic mass is 19.4. The molecule has 4 rings (SSSR count). The van der Waals surface area contributed by atoms with Gasteiger partial charge in [-0.2, -0.15) is 0 Å². The number of hydrogen-bond acceptors (Lipinski definition) is 3. The van der Waals surface area contributed by atoms with Crippen molar-refractivity contribution in [3.63, 3.8) is 0 Å². The van der Waals surface area contributed by atoms with Crippen LogP contribution in [-0.4, -0.2) is 36.3 Å². The number of rotatable bonds is 8. The summed E-state index contributed by atoms with van der Waals surface area (Å²) in [6.07, 6.45) is -3.44.